The second-order valence-electron chi connectivity index (χ2n) is 8.42. The number of piperidine rings is 1. The molecule has 0 bridgehead atoms. The zero-order chi connectivity index (χ0) is 22.1. The maximum absolute atomic E-state index is 12.0. The molecule has 2 fully saturated rings. The van der Waals surface area contributed by atoms with Crippen molar-refractivity contribution in [3.05, 3.63) is 35.4 Å². The molecule has 0 aliphatic carbocycles. The van der Waals surface area contributed by atoms with Gasteiger partial charge in [0.25, 0.3) is 0 Å². The monoisotopic (exact) mass is 558 g/mol. The van der Waals surface area contributed by atoms with Crippen LogP contribution in [0.5, 0.6) is 0 Å². The van der Waals surface area contributed by atoms with Crippen LogP contribution < -0.4 is 5.32 Å². The van der Waals surface area contributed by atoms with Crippen molar-refractivity contribution in [1.29, 1.82) is 0 Å². The number of guanidine groups is 1. The SMILES string of the molecule is CCNC(=NCc1cccc(CN2CCOC(C)C2)c1)N1CCC(C(=O)OCC)CC1.I. The molecule has 0 radical (unpaired) electrons. The zero-order valence-electron chi connectivity index (χ0n) is 19.7. The highest BCUT2D eigenvalue weighted by atomic mass is 127. The van der Waals surface area contributed by atoms with Gasteiger partial charge in [0.05, 0.1) is 31.8 Å². The van der Waals surface area contributed by atoms with E-state index in [1.165, 1.54) is 11.1 Å². The topological polar surface area (TPSA) is 66.4 Å². The van der Waals surface area contributed by atoms with Crippen LogP contribution in [-0.2, 0) is 27.4 Å². The number of aliphatic imine (C=N–C) groups is 1. The van der Waals surface area contributed by atoms with Crippen molar-refractivity contribution >= 4 is 35.9 Å². The lowest BCUT2D eigenvalue weighted by molar-refractivity contribution is -0.149. The summed E-state index contributed by atoms with van der Waals surface area (Å²) in [7, 11) is 0. The first kappa shape index (κ1) is 26.9. The molecule has 0 aromatic heterocycles. The summed E-state index contributed by atoms with van der Waals surface area (Å²) in [5.74, 6) is 0.881. The molecule has 180 valence electrons. The van der Waals surface area contributed by atoms with E-state index >= 15 is 0 Å². The number of carbonyl (C=O) groups excluding carboxylic acids is 1. The molecule has 0 amide bonds. The van der Waals surface area contributed by atoms with E-state index in [0.29, 0.717) is 19.3 Å². The Morgan fingerprint density at radius 2 is 1.97 bits per heavy atom. The molecule has 2 heterocycles. The third-order valence-electron chi connectivity index (χ3n) is 5.88. The molecule has 1 aromatic carbocycles. The van der Waals surface area contributed by atoms with Crippen LogP contribution in [0.25, 0.3) is 0 Å². The van der Waals surface area contributed by atoms with Crippen molar-refractivity contribution in [1.82, 2.24) is 15.1 Å². The van der Waals surface area contributed by atoms with Gasteiger partial charge in [-0.05, 0) is 44.7 Å². The maximum Gasteiger partial charge on any atom is 0.309 e. The van der Waals surface area contributed by atoms with Crippen LogP contribution >= 0.6 is 24.0 Å². The predicted molar refractivity (Wildman–Crippen MR) is 138 cm³/mol. The number of nitrogens with zero attached hydrogens (tertiary/aromatic N) is 3. The normalized spacial score (nSPS) is 20.5. The van der Waals surface area contributed by atoms with Gasteiger partial charge in [-0.15, -0.1) is 24.0 Å². The first-order valence-corrected chi connectivity index (χ1v) is 11.7. The fourth-order valence-electron chi connectivity index (χ4n) is 4.30. The molecule has 0 saturated carbocycles. The molecule has 0 spiro atoms. The van der Waals surface area contributed by atoms with Gasteiger partial charge in [-0.2, -0.15) is 0 Å². The number of likely N-dealkylation sites (tertiary alicyclic amines) is 1. The van der Waals surface area contributed by atoms with E-state index < -0.39 is 0 Å². The highest BCUT2D eigenvalue weighted by Gasteiger charge is 2.27. The highest BCUT2D eigenvalue weighted by molar-refractivity contribution is 14.0. The lowest BCUT2D eigenvalue weighted by atomic mass is 9.97. The fourth-order valence-corrected chi connectivity index (χ4v) is 4.30. The molecule has 32 heavy (non-hydrogen) atoms. The van der Waals surface area contributed by atoms with E-state index in [1.807, 2.05) is 6.92 Å². The highest BCUT2D eigenvalue weighted by Crippen LogP contribution is 2.19. The fraction of sp³-hybridized carbons (Fsp3) is 0.667. The number of hydrogen-bond acceptors (Lipinski definition) is 5. The number of esters is 1. The molecule has 1 atom stereocenters. The van der Waals surface area contributed by atoms with Crippen LogP contribution in [0, 0.1) is 5.92 Å². The van der Waals surface area contributed by atoms with Gasteiger partial charge in [0.2, 0.25) is 0 Å². The number of rotatable bonds is 7. The molecule has 3 rings (SSSR count). The summed E-state index contributed by atoms with van der Waals surface area (Å²) in [5.41, 5.74) is 2.54. The van der Waals surface area contributed by atoms with E-state index in [-0.39, 0.29) is 35.9 Å². The summed E-state index contributed by atoms with van der Waals surface area (Å²) < 4.78 is 10.8. The van der Waals surface area contributed by atoms with Gasteiger partial charge < -0.3 is 19.7 Å². The standard InChI is InChI=1S/C24H38N4O3.HI/c1-4-25-24(28-11-9-22(10-12-28)23(29)30-5-2)26-16-20-7-6-8-21(15-20)18-27-13-14-31-19(3)17-27;/h6-8,15,19,22H,4-5,9-14,16-18H2,1-3H3,(H,25,26);1H. The van der Waals surface area contributed by atoms with Gasteiger partial charge in [0.1, 0.15) is 0 Å². The average molecular weight is 559 g/mol. The van der Waals surface area contributed by atoms with Crippen molar-refractivity contribution < 1.29 is 14.3 Å². The van der Waals surface area contributed by atoms with Gasteiger partial charge in [-0.1, -0.05) is 24.3 Å². The van der Waals surface area contributed by atoms with E-state index in [9.17, 15) is 4.79 Å². The van der Waals surface area contributed by atoms with Gasteiger partial charge >= 0.3 is 5.97 Å². The summed E-state index contributed by atoms with van der Waals surface area (Å²) >= 11 is 0. The Morgan fingerprint density at radius 3 is 2.66 bits per heavy atom. The van der Waals surface area contributed by atoms with Crippen molar-refractivity contribution in [2.24, 2.45) is 10.9 Å². The lowest BCUT2D eigenvalue weighted by Crippen LogP contribution is -2.46. The van der Waals surface area contributed by atoms with Crippen LogP contribution in [0.3, 0.4) is 0 Å². The Morgan fingerprint density at radius 1 is 1.22 bits per heavy atom. The van der Waals surface area contributed by atoms with Crippen LogP contribution in [0.2, 0.25) is 0 Å². The molecule has 1 aromatic rings. The molecule has 8 heteroatoms. The molecular formula is C24H39IN4O3. The molecular weight excluding hydrogens is 519 g/mol. The molecule has 2 aliphatic heterocycles. The number of benzene rings is 1. The van der Waals surface area contributed by atoms with Crippen molar-refractivity contribution in [3.63, 3.8) is 0 Å². The Labute approximate surface area is 209 Å². The largest absolute Gasteiger partial charge is 0.466 e. The number of carbonyl (C=O) groups is 1. The van der Waals surface area contributed by atoms with Crippen LogP contribution in [0.4, 0.5) is 0 Å². The summed E-state index contributed by atoms with van der Waals surface area (Å²) in [6, 6.07) is 8.73. The van der Waals surface area contributed by atoms with E-state index in [2.05, 4.69) is 53.2 Å². The molecule has 7 nitrogen and oxygen atoms in total. The second kappa shape index (κ2) is 14.0. The quantitative estimate of drug-likeness (QED) is 0.240. The minimum Gasteiger partial charge on any atom is -0.466 e. The third-order valence-corrected chi connectivity index (χ3v) is 5.88. The lowest BCUT2D eigenvalue weighted by Gasteiger charge is -2.33. The van der Waals surface area contributed by atoms with Gasteiger partial charge in [-0.3, -0.25) is 9.69 Å². The van der Waals surface area contributed by atoms with Crippen molar-refractivity contribution in [2.45, 2.75) is 52.8 Å². The molecule has 2 aliphatic rings. The molecule has 2 saturated heterocycles. The Hall–Kier alpha value is -1.39. The Bertz CT molecular complexity index is 738. The van der Waals surface area contributed by atoms with Gasteiger partial charge in [0.15, 0.2) is 5.96 Å². The minimum atomic E-state index is -0.0597. The van der Waals surface area contributed by atoms with Crippen molar-refractivity contribution in [3.8, 4) is 0 Å². The smallest absolute Gasteiger partial charge is 0.309 e. The number of halogens is 1. The van der Waals surface area contributed by atoms with Crippen LogP contribution in [0.1, 0.15) is 44.7 Å². The summed E-state index contributed by atoms with van der Waals surface area (Å²) in [6.07, 6.45) is 1.94. The summed E-state index contributed by atoms with van der Waals surface area (Å²) in [4.78, 5) is 21.6. The van der Waals surface area contributed by atoms with Gasteiger partial charge in [0, 0.05) is 39.3 Å². The number of nitrogens with one attached hydrogen (secondary N) is 1. The van der Waals surface area contributed by atoms with E-state index in [1.54, 1.807) is 0 Å². The molecule has 1 unspecified atom stereocenters. The average Bonchev–Trinajstić information content (AvgIpc) is 2.77. The van der Waals surface area contributed by atoms with Gasteiger partial charge in [-0.25, -0.2) is 4.99 Å². The predicted octanol–water partition coefficient (Wildman–Crippen LogP) is 3.27. The third kappa shape index (κ3) is 8.19. The summed E-state index contributed by atoms with van der Waals surface area (Å²) in [5, 5.41) is 3.41. The first-order valence-electron chi connectivity index (χ1n) is 11.7. The van der Waals surface area contributed by atoms with Crippen LogP contribution in [0.15, 0.2) is 29.3 Å². The zero-order valence-corrected chi connectivity index (χ0v) is 22.0. The van der Waals surface area contributed by atoms with Crippen molar-refractivity contribution in [2.75, 3.05) is 45.9 Å². The first-order chi connectivity index (χ1) is 15.1. The molecule has 1 N–H and O–H groups in total. The maximum atomic E-state index is 12.0. The number of morpholine rings is 1. The summed E-state index contributed by atoms with van der Waals surface area (Å²) in [6.45, 7) is 13.4. The van der Waals surface area contributed by atoms with E-state index in [0.717, 1.165) is 64.7 Å². The second-order valence-corrected chi connectivity index (χ2v) is 8.42. The minimum absolute atomic E-state index is 0. The number of hydrogen-bond donors (Lipinski definition) is 1. The number of ether oxygens (including phenoxy) is 2. The Kier molecular flexibility index (Phi) is 11.7. The van der Waals surface area contributed by atoms with Crippen LogP contribution in [-0.4, -0.2) is 73.8 Å². The Balaban J connectivity index is 0.00000363. The van der Waals surface area contributed by atoms with E-state index in [4.69, 9.17) is 14.5 Å².